The lowest BCUT2D eigenvalue weighted by Gasteiger charge is -2.27. The van der Waals surface area contributed by atoms with Crippen molar-refractivity contribution in [2.75, 3.05) is 0 Å². The summed E-state index contributed by atoms with van der Waals surface area (Å²) in [5, 5.41) is 0. The fourth-order valence-corrected chi connectivity index (χ4v) is 3.29. The SMILES string of the molecule is CC.CC1CCC(n2c(=O)n(CC(F)F)c3cnccc32)CC1. The molecule has 0 aliphatic heterocycles. The molecule has 23 heavy (non-hydrogen) atoms. The van der Waals surface area contributed by atoms with E-state index < -0.39 is 13.0 Å². The fraction of sp³-hybridized carbons (Fsp3) is 0.647. The van der Waals surface area contributed by atoms with Gasteiger partial charge in [-0.25, -0.2) is 13.6 Å². The van der Waals surface area contributed by atoms with E-state index in [2.05, 4.69) is 11.9 Å². The van der Waals surface area contributed by atoms with E-state index in [1.165, 1.54) is 6.20 Å². The lowest BCUT2D eigenvalue weighted by Crippen LogP contribution is -2.30. The molecule has 0 spiro atoms. The van der Waals surface area contributed by atoms with Gasteiger partial charge in [0.2, 0.25) is 0 Å². The van der Waals surface area contributed by atoms with Gasteiger partial charge in [0.1, 0.15) is 0 Å². The van der Waals surface area contributed by atoms with Crippen molar-refractivity contribution < 1.29 is 8.78 Å². The monoisotopic (exact) mass is 325 g/mol. The standard InChI is InChI=1S/C15H19F2N3O.C2H6/c1-10-2-4-11(5-3-10)20-12-6-7-18-8-13(12)19(15(20)21)9-14(16)17;1-2/h6-8,10-11,14H,2-5,9H2,1H3;1-2H3. The number of aromatic nitrogens is 3. The molecule has 2 heterocycles. The van der Waals surface area contributed by atoms with Crippen LogP contribution in [0.3, 0.4) is 0 Å². The molecule has 3 rings (SSSR count). The third kappa shape index (κ3) is 3.62. The summed E-state index contributed by atoms with van der Waals surface area (Å²) >= 11 is 0. The predicted molar refractivity (Wildman–Crippen MR) is 88.0 cm³/mol. The predicted octanol–water partition coefficient (Wildman–Crippen LogP) is 4.24. The van der Waals surface area contributed by atoms with Crippen LogP contribution in [0, 0.1) is 5.92 Å². The van der Waals surface area contributed by atoms with Crippen molar-refractivity contribution in [1.82, 2.24) is 14.1 Å². The van der Waals surface area contributed by atoms with E-state index in [1.807, 2.05) is 13.8 Å². The van der Waals surface area contributed by atoms with Gasteiger partial charge in [-0.1, -0.05) is 20.8 Å². The van der Waals surface area contributed by atoms with E-state index in [1.54, 1.807) is 16.8 Å². The van der Waals surface area contributed by atoms with E-state index in [4.69, 9.17) is 0 Å². The van der Waals surface area contributed by atoms with E-state index in [0.717, 1.165) is 35.8 Å². The van der Waals surface area contributed by atoms with Crippen LogP contribution in [0.2, 0.25) is 0 Å². The summed E-state index contributed by atoms with van der Waals surface area (Å²) in [6.45, 7) is 5.64. The second-order valence-corrected chi connectivity index (χ2v) is 5.93. The second-order valence-electron chi connectivity index (χ2n) is 5.93. The average Bonchev–Trinajstić information content (AvgIpc) is 2.83. The molecule has 0 atom stereocenters. The van der Waals surface area contributed by atoms with Crippen LogP contribution in [-0.4, -0.2) is 20.5 Å². The minimum atomic E-state index is -2.55. The van der Waals surface area contributed by atoms with Crippen molar-refractivity contribution in [3.8, 4) is 0 Å². The molecule has 1 saturated carbocycles. The Kier molecular flexibility index (Phi) is 5.91. The van der Waals surface area contributed by atoms with Crippen molar-refractivity contribution in [3.63, 3.8) is 0 Å². The minimum Gasteiger partial charge on any atom is -0.289 e. The zero-order chi connectivity index (χ0) is 17.0. The number of rotatable bonds is 3. The van der Waals surface area contributed by atoms with Gasteiger partial charge in [-0.15, -0.1) is 0 Å². The molecule has 0 unspecified atom stereocenters. The summed E-state index contributed by atoms with van der Waals surface area (Å²) in [5.41, 5.74) is 0.884. The first-order valence-corrected chi connectivity index (χ1v) is 8.41. The zero-order valence-electron chi connectivity index (χ0n) is 14.0. The maximum Gasteiger partial charge on any atom is 0.329 e. The molecule has 2 aromatic rings. The molecule has 128 valence electrons. The van der Waals surface area contributed by atoms with Gasteiger partial charge in [0.15, 0.2) is 0 Å². The number of nitrogens with zero attached hydrogens (tertiary/aromatic N) is 3. The molecule has 6 heteroatoms. The van der Waals surface area contributed by atoms with Gasteiger partial charge in [0.05, 0.1) is 23.8 Å². The molecule has 0 aromatic carbocycles. The second kappa shape index (κ2) is 7.70. The van der Waals surface area contributed by atoms with Crippen molar-refractivity contribution in [1.29, 1.82) is 0 Å². The summed E-state index contributed by atoms with van der Waals surface area (Å²) in [6.07, 6.45) is 4.56. The van der Waals surface area contributed by atoms with Gasteiger partial charge in [-0.05, 0) is 37.7 Å². The summed E-state index contributed by atoms with van der Waals surface area (Å²) in [4.78, 5) is 16.5. The molecular weight excluding hydrogens is 300 g/mol. The molecule has 0 amide bonds. The molecule has 0 N–H and O–H groups in total. The van der Waals surface area contributed by atoms with Gasteiger partial charge in [-0.2, -0.15) is 0 Å². The Hall–Kier alpha value is -1.72. The van der Waals surface area contributed by atoms with E-state index in [0.29, 0.717) is 11.4 Å². The topological polar surface area (TPSA) is 39.8 Å². The first-order valence-electron chi connectivity index (χ1n) is 8.41. The van der Waals surface area contributed by atoms with E-state index in [-0.39, 0.29) is 11.7 Å². The largest absolute Gasteiger partial charge is 0.329 e. The molecule has 0 radical (unpaired) electrons. The fourth-order valence-electron chi connectivity index (χ4n) is 3.29. The highest BCUT2D eigenvalue weighted by molar-refractivity contribution is 5.75. The van der Waals surface area contributed by atoms with Crippen molar-refractivity contribution >= 4 is 11.0 Å². The lowest BCUT2D eigenvalue weighted by atomic mass is 9.87. The molecule has 1 aliphatic rings. The number of alkyl halides is 2. The first-order chi connectivity index (χ1) is 11.1. The maximum absolute atomic E-state index is 12.7. The Labute approximate surface area is 135 Å². The zero-order valence-corrected chi connectivity index (χ0v) is 14.0. The van der Waals surface area contributed by atoms with Crippen LogP contribution < -0.4 is 5.69 Å². The average molecular weight is 325 g/mol. The van der Waals surface area contributed by atoms with Crippen LogP contribution in [-0.2, 0) is 6.54 Å². The van der Waals surface area contributed by atoms with Crippen LogP contribution in [0.25, 0.3) is 11.0 Å². The summed E-state index contributed by atoms with van der Waals surface area (Å²) < 4.78 is 28.3. The molecule has 1 fully saturated rings. The van der Waals surface area contributed by atoms with Crippen LogP contribution in [0.4, 0.5) is 8.78 Å². The number of halogens is 2. The molecule has 2 aromatic heterocycles. The van der Waals surface area contributed by atoms with Gasteiger partial charge in [-0.3, -0.25) is 14.1 Å². The van der Waals surface area contributed by atoms with Crippen molar-refractivity contribution in [3.05, 3.63) is 28.9 Å². The summed E-state index contributed by atoms with van der Waals surface area (Å²) in [6, 6.07) is 1.86. The molecule has 0 bridgehead atoms. The Morgan fingerprint density at radius 3 is 2.48 bits per heavy atom. The molecular formula is C17H25F2N3O. The van der Waals surface area contributed by atoms with Gasteiger partial charge >= 0.3 is 5.69 Å². The first kappa shape index (κ1) is 17.6. The Morgan fingerprint density at radius 2 is 1.87 bits per heavy atom. The Morgan fingerprint density at radius 1 is 1.22 bits per heavy atom. The molecule has 0 saturated heterocycles. The van der Waals surface area contributed by atoms with Crippen LogP contribution in [0.5, 0.6) is 0 Å². The number of hydrogen-bond acceptors (Lipinski definition) is 2. The summed E-state index contributed by atoms with van der Waals surface area (Å²) in [5.74, 6) is 0.674. The lowest BCUT2D eigenvalue weighted by molar-refractivity contribution is 0.126. The highest BCUT2D eigenvalue weighted by atomic mass is 19.3. The van der Waals surface area contributed by atoms with E-state index in [9.17, 15) is 13.6 Å². The Balaban J connectivity index is 0.000000924. The van der Waals surface area contributed by atoms with Gasteiger partial charge in [0, 0.05) is 12.2 Å². The number of pyridine rings is 1. The number of imidazole rings is 1. The Bertz CT molecular complexity index is 685. The van der Waals surface area contributed by atoms with Gasteiger partial charge in [0.25, 0.3) is 6.43 Å². The summed E-state index contributed by atoms with van der Waals surface area (Å²) in [7, 11) is 0. The third-order valence-electron chi connectivity index (χ3n) is 4.44. The van der Waals surface area contributed by atoms with Crippen molar-refractivity contribution in [2.45, 2.75) is 65.5 Å². The highest BCUT2D eigenvalue weighted by Crippen LogP contribution is 2.32. The van der Waals surface area contributed by atoms with Crippen LogP contribution in [0.15, 0.2) is 23.3 Å². The minimum absolute atomic E-state index is 0.109. The van der Waals surface area contributed by atoms with Crippen LogP contribution >= 0.6 is 0 Å². The quantitative estimate of drug-likeness (QED) is 0.847. The van der Waals surface area contributed by atoms with Crippen molar-refractivity contribution in [2.24, 2.45) is 5.92 Å². The third-order valence-corrected chi connectivity index (χ3v) is 4.44. The highest BCUT2D eigenvalue weighted by Gasteiger charge is 2.25. The molecule has 4 nitrogen and oxygen atoms in total. The number of fused-ring (bicyclic) bond motifs is 1. The van der Waals surface area contributed by atoms with E-state index >= 15 is 0 Å². The van der Waals surface area contributed by atoms with Crippen LogP contribution in [0.1, 0.15) is 52.5 Å². The van der Waals surface area contributed by atoms with Gasteiger partial charge < -0.3 is 0 Å². The maximum atomic E-state index is 12.7. The molecule has 1 aliphatic carbocycles. The number of hydrogen-bond donors (Lipinski definition) is 0. The smallest absolute Gasteiger partial charge is 0.289 e. The normalized spacial score (nSPS) is 21.3.